The maximum absolute atomic E-state index is 12.5. The number of amides is 1. The summed E-state index contributed by atoms with van der Waals surface area (Å²) in [6, 6.07) is 11.1. The monoisotopic (exact) mass is 353 g/mol. The number of carboxylic acid groups (broad SMARTS) is 1. The summed E-state index contributed by atoms with van der Waals surface area (Å²) < 4.78 is 5.75. The van der Waals surface area contributed by atoms with E-state index >= 15 is 0 Å². The Bertz CT molecular complexity index is 844. The maximum atomic E-state index is 12.5. The van der Waals surface area contributed by atoms with E-state index in [1.807, 2.05) is 32.0 Å². The summed E-state index contributed by atoms with van der Waals surface area (Å²) in [7, 11) is 0. The summed E-state index contributed by atoms with van der Waals surface area (Å²) >= 11 is 0. The molecule has 0 atom stereocenters. The maximum Gasteiger partial charge on any atom is 0.335 e. The molecule has 0 saturated carbocycles. The molecule has 1 heterocycles. The number of hydrogen-bond acceptors (Lipinski definition) is 3. The summed E-state index contributed by atoms with van der Waals surface area (Å²) in [6.45, 7) is 5.47. The molecule has 5 heteroatoms. The average Bonchev–Trinajstić information content (AvgIpc) is 2.62. The highest BCUT2D eigenvalue weighted by molar-refractivity contribution is 5.88. The number of aryl methyl sites for hydroxylation is 2. The molecule has 1 aliphatic rings. The first kappa shape index (κ1) is 18.0. The SMILES string of the molecule is Cc1ccc(OCCC(=O)N2CCc3ccc(C(=O)O)cc3C2)c(C)c1. The van der Waals surface area contributed by atoms with Crippen molar-refractivity contribution in [2.24, 2.45) is 0 Å². The number of benzene rings is 2. The number of carbonyl (C=O) groups excluding carboxylic acids is 1. The Morgan fingerprint density at radius 1 is 1.12 bits per heavy atom. The van der Waals surface area contributed by atoms with Gasteiger partial charge in [0.15, 0.2) is 0 Å². The van der Waals surface area contributed by atoms with Gasteiger partial charge in [-0.25, -0.2) is 4.79 Å². The second-order valence-corrected chi connectivity index (χ2v) is 6.72. The lowest BCUT2D eigenvalue weighted by molar-refractivity contribution is -0.132. The molecule has 0 aromatic heterocycles. The zero-order valence-corrected chi connectivity index (χ0v) is 15.1. The smallest absolute Gasteiger partial charge is 0.335 e. The highest BCUT2D eigenvalue weighted by atomic mass is 16.5. The molecule has 0 radical (unpaired) electrons. The van der Waals surface area contributed by atoms with E-state index in [-0.39, 0.29) is 11.5 Å². The van der Waals surface area contributed by atoms with E-state index in [9.17, 15) is 9.59 Å². The fourth-order valence-corrected chi connectivity index (χ4v) is 3.27. The van der Waals surface area contributed by atoms with E-state index in [2.05, 4.69) is 6.07 Å². The molecule has 0 aliphatic carbocycles. The second kappa shape index (κ2) is 7.60. The van der Waals surface area contributed by atoms with Crippen LogP contribution in [-0.4, -0.2) is 35.0 Å². The van der Waals surface area contributed by atoms with Gasteiger partial charge in [-0.1, -0.05) is 23.8 Å². The van der Waals surface area contributed by atoms with Crippen LogP contribution in [-0.2, 0) is 17.8 Å². The predicted molar refractivity (Wildman–Crippen MR) is 98.6 cm³/mol. The second-order valence-electron chi connectivity index (χ2n) is 6.72. The highest BCUT2D eigenvalue weighted by Crippen LogP contribution is 2.22. The number of hydrogen-bond donors (Lipinski definition) is 1. The first-order chi connectivity index (χ1) is 12.4. The van der Waals surface area contributed by atoms with Crippen LogP contribution in [0.4, 0.5) is 0 Å². The van der Waals surface area contributed by atoms with Crippen LogP contribution in [0, 0.1) is 13.8 Å². The molecule has 0 saturated heterocycles. The molecule has 3 rings (SSSR count). The van der Waals surface area contributed by atoms with Gasteiger partial charge < -0.3 is 14.7 Å². The molecular formula is C21H23NO4. The van der Waals surface area contributed by atoms with E-state index in [0.717, 1.165) is 28.9 Å². The highest BCUT2D eigenvalue weighted by Gasteiger charge is 2.21. The van der Waals surface area contributed by atoms with Gasteiger partial charge in [0.25, 0.3) is 0 Å². The van der Waals surface area contributed by atoms with Crippen molar-refractivity contribution >= 4 is 11.9 Å². The van der Waals surface area contributed by atoms with Crippen molar-refractivity contribution in [2.75, 3.05) is 13.2 Å². The van der Waals surface area contributed by atoms with Gasteiger partial charge in [0, 0.05) is 13.1 Å². The zero-order chi connectivity index (χ0) is 18.7. The molecule has 1 aliphatic heterocycles. The van der Waals surface area contributed by atoms with Gasteiger partial charge in [0.05, 0.1) is 18.6 Å². The molecule has 0 fully saturated rings. The number of carboxylic acids is 1. The molecule has 0 unspecified atom stereocenters. The third-order valence-electron chi connectivity index (χ3n) is 4.72. The minimum Gasteiger partial charge on any atom is -0.493 e. The zero-order valence-electron chi connectivity index (χ0n) is 15.1. The minimum absolute atomic E-state index is 0.0288. The molecule has 1 amide bonds. The van der Waals surface area contributed by atoms with Crippen molar-refractivity contribution in [2.45, 2.75) is 33.2 Å². The van der Waals surface area contributed by atoms with Crippen LogP contribution < -0.4 is 4.74 Å². The number of aromatic carboxylic acids is 1. The number of ether oxygens (including phenoxy) is 1. The van der Waals surface area contributed by atoms with Gasteiger partial charge in [-0.3, -0.25) is 4.79 Å². The van der Waals surface area contributed by atoms with Gasteiger partial charge in [-0.05, 0) is 55.2 Å². The first-order valence-corrected chi connectivity index (χ1v) is 8.77. The van der Waals surface area contributed by atoms with Crippen molar-refractivity contribution < 1.29 is 19.4 Å². The Morgan fingerprint density at radius 2 is 1.92 bits per heavy atom. The third kappa shape index (κ3) is 4.04. The Hall–Kier alpha value is -2.82. The fourth-order valence-electron chi connectivity index (χ4n) is 3.27. The van der Waals surface area contributed by atoms with Crippen molar-refractivity contribution in [1.29, 1.82) is 0 Å². The fraction of sp³-hybridized carbons (Fsp3) is 0.333. The molecule has 2 aromatic carbocycles. The van der Waals surface area contributed by atoms with E-state index in [1.54, 1.807) is 17.0 Å². The lowest BCUT2D eigenvalue weighted by Crippen LogP contribution is -2.36. The molecule has 2 aromatic rings. The van der Waals surface area contributed by atoms with Gasteiger partial charge in [-0.15, -0.1) is 0 Å². The van der Waals surface area contributed by atoms with Crippen molar-refractivity contribution in [3.63, 3.8) is 0 Å². The molecule has 26 heavy (non-hydrogen) atoms. The predicted octanol–water partition coefficient (Wildman–Crippen LogP) is 3.36. The van der Waals surface area contributed by atoms with Crippen LogP contribution in [0.25, 0.3) is 0 Å². The van der Waals surface area contributed by atoms with Crippen LogP contribution >= 0.6 is 0 Å². The minimum atomic E-state index is -0.946. The first-order valence-electron chi connectivity index (χ1n) is 8.77. The van der Waals surface area contributed by atoms with Crippen molar-refractivity contribution in [1.82, 2.24) is 4.90 Å². The summed E-state index contributed by atoms with van der Waals surface area (Å²) in [4.78, 5) is 25.4. The van der Waals surface area contributed by atoms with Gasteiger partial charge >= 0.3 is 5.97 Å². The van der Waals surface area contributed by atoms with Crippen LogP contribution in [0.3, 0.4) is 0 Å². The summed E-state index contributed by atoms with van der Waals surface area (Å²) in [5.41, 5.74) is 4.53. The van der Waals surface area contributed by atoms with Crippen molar-refractivity contribution in [3.8, 4) is 5.75 Å². The largest absolute Gasteiger partial charge is 0.493 e. The Kier molecular flexibility index (Phi) is 5.26. The summed E-state index contributed by atoms with van der Waals surface area (Å²) in [5.74, 6) is -0.113. The molecule has 5 nitrogen and oxygen atoms in total. The van der Waals surface area contributed by atoms with E-state index in [0.29, 0.717) is 26.1 Å². The number of nitrogens with zero attached hydrogens (tertiary/aromatic N) is 1. The molecule has 0 bridgehead atoms. The van der Waals surface area contributed by atoms with E-state index < -0.39 is 5.97 Å². The van der Waals surface area contributed by atoms with Crippen LogP contribution in [0.2, 0.25) is 0 Å². The summed E-state index contributed by atoms with van der Waals surface area (Å²) in [5, 5.41) is 9.13. The van der Waals surface area contributed by atoms with E-state index in [1.165, 1.54) is 5.56 Å². The van der Waals surface area contributed by atoms with Gasteiger partial charge in [-0.2, -0.15) is 0 Å². The molecule has 1 N–H and O–H groups in total. The van der Waals surface area contributed by atoms with Crippen molar-refractivity contribution in [3.05, 3.63) is 64.2 Å². The molecule has 0 spiro atoms. The lowest BCUT2D eigenvalue weighted by Gasteiger charge is -2.29. The number of carbonyl (C=O) groups is 2. The Labute approximate surface area is 153 Å². The Balaban J connectivity index is 1.57. The van der Waals surface area contributed by atoms with Crippen LogP contribution in [0.1, 0.15) is 39.0 Å². The van der Waals surface area contributed by atoms with E-state index in [4.69, 9.17) is 9.84 Å². The average molecular weight is 353 g/mol. The quantitative estimate of drug-likeness (QED) is 0.895. The Morgan fingerprint density at radius 3 is 2.65 bits per heavy atom. The lowest BCUT2D eigenvalue weighted by atomic mass is 9.97. The van der Waals surface area contributed by atoms with Crippen LogP contribution in [0.15, 0.2) is 36.4 Å². The molecule has 136 valence electrons. The third-order valence-corrected chi connectivity index (χ3v) is 4.72. The normalized spacial score (nSPS) is 13.2. The number of fused-ring (bicyclic) bond motifs is 1. The van der Waals surface area contributed by atoms with Crippen LogP contribution in [0.5, 0.6) is 5.75 Å². The number of rotatable bonds is 5. The molecular weight excluding hydrogens is 330 g/mol. The van der Waals surface area contributed by atoms with Gasteiger partial charge in [0.2, 0.25) is 5.91 Å². The standard InChI is InChI=1S/C21H23NO4/c1-14-3-6-19(15(2)11-14)26-10-8-20(23)22-9-7-16-4-5-17(21(24)25)12-18(16)13-22/h3-6,11-12H,7-10,13H2,1-2H3,(H,24,25). The summed E-state index contributed by atoms with van der Waals surface area (Å²) in [6.07, 6.45) is 1.06. The topological polar surface area (TPSA) is 66.8 Å². The van der Waals surface area contributed by atoms with Gasteiger partial charge in [0.1, 0.15) is 5.75 Å².